The second-order valence-corrected chi connectivity index (χ2v) is 3.99. The van der Waals surface area contributed by atoms with E-state index in [2.05, 4.69) is 20.6 Å². The molecule has 82 valence electrons. The van der Waals surface area contributed by atoms with Gasteiger partial charge in [-0.15, -0.1) is 0 Å². The van der Waals surface area contributed by atoms with Gasteiger partial charge >= 0.3 is 0 Å². The lowest BCUT2D eigenvalue weighted by molar-refractivity contribution is 0.797. The van der Waals surface area contributed by atoms with Gasteiger partial charge in [0.25, 0.3) is 0 Å². The summed E-state index contributed by atoms with van der Waals surface area (Å²) in [6.45, 7) is 2.62. The highest BCUT2D eigenvalue weighted by atomic mass is 15.1. The molecular weight excluding hydrogens is 190 g/mol. The molecule has 1 saturated carbocycles. The zero-order valence-corrected chi connectivity index (χ0v) is 8.90. The molecule has 1 atom stereocenters. The van der Waals surface area contributed by atoms with Crippen LogP contribution in [0.4, 0.5) is 11.6 Å². The molecule has 0 aliphatic heterocycles. The van der Waals surface area contributed by atoms with Crippen LogP contribution in [0.2, 0.25) is 0 Å². The van der Waals surface area contributed by atoms with E-state index in [1.54, 1.807) is 6.33 Å². The van der Waals surface area contributed by atoms with Crippen molar-refractivity contribution in [2.24, 2.45) is 5.73 Å². The zero-order chi connectivity index (χ0) is 10.7. The molecular formula is C10H17N5. The minimum Gasteiger partial charge on any atom is -0.367 e. The van der Waals surface area contributed by atoms with Crippen LogP contribution < -0.4 is 16.4 Å². The van der Waals surface area contributed by atoms with Gasteiger partial charge in [-0.2, -0.15) is 0 Å². The molecule has 5 nitrogen and oxygen atoms in total. The number of hydrogen-bond acceptors (Lipinski definition) is 5. The van der Waals surface area contributed by atoms with Crippen LogP contribution in [-0.4, -0.2) is 28.6 Å². The second kappa shape index (κ2) is 4.44. The van der Waals surface area contributed by atoms with Gasteiger partial charge in [-0.25, -0.2) is 9.97 Å². The van der Waals surface area contributed by atoms with Crippen LogP contribution in [0, 0.1) is 0 Å². The smallest absolute Gasteiger partial charge is 0.131 e. The van der Waals surface area contributed by atoms with Crippen molar-refractivity contribution in [2.45, 2.75) is 31.8 Å². The number of nitrogens with two attached hydrogens (primary N) is 1. The van der Waals surface area contributed by atoms with Crippen LogP contribution >= 0.6 is 0 Å². The lowest BCUT2D eigenvalue weighted by Crippen LogP contribution is -2.25. The Balaban J connectivity index is 1.97. The fourth-order valence-electron chi connectivity index (χ4n) is 1.26. The SMILES string of the molecule is CC(CN)Nc1cc(NC2CC2)ncn1. The molecule has 0 amide bonds. The van der Waals surface area contributed by atoms with E-state index in [0.29, 0.717) is 12.6 Å². The summed E-state index contributed by atoms with van der Waals surface area (Å²) in [5.41, 5.74) is 5.53. The molecule has 1 fully saturated rings. The Labute approximate surface area is 89.5 Å². The Morgan fingerprint density at radius 3 is 2.87 bits per heavy atom. The van der Waals surface area contributed by atoms with Crippen LogP contribution in [0.15, 0.2) is 12.4 Å². The van der Waals surface area contributed by atoms with E-state index in [4.69, 9.17) is 5.73 Å². The number of anilines is 2. The minimum atomic E-state index is 0.230. The molecule has 15 heavy (non-hydrogen) atoms. The first-order chi connectivity index (χ1) is 7.28. The molecule has 1 aromatic rings. The van der Waals surface area contributed by atoms with Crippen molar-refractivity contribution in [3.8, 4) is 0 Å². The molecule has 4 N–H and O–H groups in total. The van der Waals surface area contributed by atoms with Crippen molar-refractivity contribution < 1.29 is 0 Å². The molecule has 5 heteroatoms. The average Bonchev–Trinajstić information content (AvgIpc) is 3.02. The summed E-state index contributed by atoms with van der Waals surface area (Å²) in [5.74, 6) is 1.71. The lowest BCUT2D eigenvalue weighted by Gasteiger charge is -2.12. The van der Waals surface area contributed by atoms with E-state index in [-0.39, 0.29) is 6.04 Å². The van der Waals surface area contributed by atoms with Crippen molar-refractivity contribution in [3.05, 3.63) is 12.4 Å². The third-order valence-corrected chi connectivity index (χ3v) is 2.34. The quantitative estimate of drug-likeness (QED) is 0.666. The van der Waals surface area contributed by atoms with E-state index >= 15 is 0 Å². The van der Waals surface area contributed by atoms with Crippen LogP contribution in [0.5, 0.6) is 0 Å². The topological polar surface area (TPSA) is 75.9 Å². The molecule has 0 saturated heterocycles. The van der Waals surface area contributed by atoms with E-state index < -0.39 is 0 Å². The molecule has 0 radical (unpaired) electrons. The van der Waals surface area contributed by atoms with E-state index in [9.17, 15) is 0 Å². The Morgan fingerprint density at radius 1 is 1.47 bits per heavy atom. The maximum Gasteiger partial charge on any atom is 0.131 e. The Kier molecular flexibility index (Phi) is 3.01. The van der Waals surface area contributed by atoms with Crippen molar-refractivity contribution >= 4 is 11.6 Å². The van der Waals surface area contributed by atoms with Crippen molar-refractivity contribution in [1.82, 2.24) is 9.97 Å². The van der Waals surface area contributed by atoms with Gasteiger partial charge in [-0.1, -0.05) is 0 Å². The highest BCUT2D eigenvalue weighted by Crippen LogP contribution is 2.24. The Hall–Kier alpha value is -1.36. The summed E-state index contributed by atoms with van der Waals surface area (Å²) in [6, 6.07) is 2.76. The van der Waals surface area contributed by atoms with Crippen LogP contribution in [-0.2, 0) is 0 Å². The first kappa shape index (κ1) is 10.2. The maximum absolute atomic E-state index is 5.53. The molecule has 1 aliphatic rings. The van der Waals surface area contributed by atoms with Gasteiger partial charge in [0.15, 0.2) is 0 Å². The number of nitrogens with zero attached hydrogens (tertiary/aromatic N) is 2. The molecule has 0 spiro atoms. The fourth-order valence-corrected chi connectivity index (χ4v) is 1.26. The van der Waals surface area contributed by atoms with Crippen molar-refractivity contribution in [3.63, 3.8) is 0 Å². The minimum absolute atomic E-state index is 0.230. The van der Waals surface area contributed by atoms with Gasteiger partial charge in [0, 0.05) is 24.7 Å². The van der Waals surface area contributed by atoms with Gasteiger partial charge in [0.1, 0.15) is 18.0 Å². The second-order valence-electron chi connectivity index (χ2n) is 3.99. The number of nitrogens with one attached hydrogen (secondary N) is 2. The molecule has 0 bridgehead atoms. The van der Waals surface area contributed by atoms with Crippen molar-refractivity contribution in [2.75, 3.05) is 17.2 Å². The Morgan fingerprint density at radius 2 is 2.20 bits per heavy atom. The van der Waals surface area contributed by atoms with Gasteiger partial charge in [0.2, 0.25) is 0 Å². The largest absolute Gasteiger partial charge is 0.367 e. The van der Waals surface area contributed by atoms with E-state index in [0.717, 1.165) is 11.6 Å². The van der Waals surface area contributed by atoms with Crippen LogP contribution in [0.25, 0.3) is 0 Å². The van der Waals surface area contributed by atoms with Gasteiger partial charge in [0.05, 0.1) is 0 Å². The lowest BCUT2D eigenvalue weighted by atomic mass is 10.3. The first-order valence-corrected chi connectivity index (χ1v) is 5.33. The Bertz CT molecular complexity index is 323. The molecule has 2 rings (SSSR count). The third-order valence-electron chi connectivity index (χ3n) is 2.34. The highest BCUT2D eigenvalue weighted by Gasteiger charge is 2.21. The number of hydrogen-bond donors (Lipinski definition) is 3. The summed E-state index contributed by atoms with van der Waals surface area (Å²) < 4.78 is 0. The molecule has 1 heterocycles. The molecule has 1 aliphatic carbocycles. The summed E-state index contributed by atoms with van der Waals surface area (Å²) in [7, 11) is 0. The zero-order valence-electron chi connectivity index (χ0n) is 8.90. The summed E-state index contributed by atoms with van der Waals surface area (Å²) >= 11 is 0. The summed E-state index contributed by atoms with van der Waals surface area (Å²) in [4.78, 5) is 8.30. The highest BCUT2D eigenvalue weighted by molar-refractivity contribution is 5.47. The standard InChI is InChI=1S/C10H17N5/c1-7(5-11)14-9-4-10(13-6-12-9)15-8-2-3-8/h4,6-8H,2-3,5,11H2,1H3,(H2,12,13,14,15). The summed E-state index contributed by atoms with van der Waals surface area (Å²) in [6.07, 6.45) is 4.05. The molecule has 1 unspecified atom stereocenters. The number of aromatic nitrogens is 2. The van der Waals surface area contributed by atoms with Gasteiger partial charge in [-0.3, -0.25) is 0 Å². The maximum atomic E-state index is 5.53. The van der Waals surface area contributed by atoms with Crippen molar-refractivity contribution in [1.29, 1.82) is 0 Å². The van der Waals surface area contributed by atoms with Crippen LogP contribution in [0.3, 0.4) is 0 Å². The number of rotatable bonds is 5. The van der Waals surface area contributed by atoms with E-state index in [1.165, 1.54) is 12.8 Å². The van der Waals surface area contributed by atoms with Gasteiger partial charge < -0.3 is 16.4 Å². The van der Waals surface area contributed by atoms with Gasteiger partial charge in [-0.05, 0) is 19.8 Å². The van der Waals surface area contributed by atoms with E-state index in [1.807, 2.05) is 13.0 Å². The molecule has 0 aromatic carbocycles. The predicted octanol–water partition coefficient (Wildman–Crippen LogP) is 0.810. The van der Waals surface area contributed by atoms with Crippen LogP contribution in [0.1, 0.15) is 19.8 Å². The first-order valence-electron chi connectivity index (χ1n) is 5.33. The fraction of sp³-hybridized carbons (Fsp3) is 0.600. The molecule has 1 aromatic heterocycles. The monoisotopic (exact) mass is 207 g/mol. The third kappa shape index (κ3) is 3.06. The normalized spacial score (nSPS) is 17.2. The predicted molar refractivity (Wildman–Crippen MR) is 60.8 cm³/mol. The summed E-state index contributed by atoms with van der Waals surface area (Å²) in [5, 5.41) is 6.53. The average molecular weight is 207 g/mol.